The zero-order valence-corrected chi connectivity index (χ0v) is 15.4. The van der Waals surface area contributed by atoms with Crippen LogP contribution in [0.5, 0.6) is 0 Å². The van der Waals surface area contributed by atoms with Crippen LogP contribution in [0.25, 0.3) is 11.4 Å². The summed E-state index contributed by atoms with van der Waals surface area (Å²) in [6, 6.07) is 15.0. The summed E-state index contributed by atoms with van der Waals surface area (Å²) in [5, 5.41) is 3.65. The largest absolute Gasteiger partial charge is 0.398 e. The van der Waals surface area contributed by atoms with Gasteiger partial charge in [0.1, 0.15) is 5.69 Å². The summed E-state index contributed by atoms with van der Waals surface area (Å²) < 4.78 is 0. The molecule has 0 bridgehead atoms. The summed E-state index contributed by atoms with van der Waals surface area (Å²) in [5.41, 5.74) is 9.92. The fourth-order valence-electron chi connectivity index (χ4n) is 3.47. The maximum Gasteiger partial charge on any atom is 0.270 e. The van der Waals surface area contributed by atoms with Gasteiger partial charge in [-0.15, -0.1) is 0 Å². The van der Waals surface area contributed by atoms with E-state index < -0.39 is 0 Å². The molecule has 6 heteroatoms. The van der Waals surface area contributed by atoms with Crippen LogP contribution >= 0.6 is 11.6 Å². The third-order valence-corrected chi connectivity index (χ3v) is 5.05. The summed E-state index contributed by atoms with van der Waals surface area (Å²) >= 11 is 6.06. The van der Waals surface area contributed by atoms with Crippen LogP contribution < -0.4 is 11.1 Å². The van der Waals surface area contributed by atoms with Crippen molar-refractivity contribution in [3.05, 3.63) is 76.6 Å². The molecule has 1 heterocycles. The molecule has 1 amide bonds. The molecule has 27 heavy (non-hydrogen) atoms. The minimum Gasteiger partial charge on any atom is -0.398 e. The molecule has 4 rings (SSSR count). The van der Waals surface area contributed by atoms with E-state index >= 15 is 0 Å². The minimum absolute atomic E-state index is 0.00268. The van der Waals surface area contributed by atoms with E-state index in [9.17, 15) is 4.79 Å². The first-order chi connectivity index (χ1) is 13.1. The Balaban J connectivity index is 1.60. The molecule has 3 aromatic rings. The van der Waals surface area contributed by atoms with Gasteiger partial charge in [0.15, 0.2) is 5.82 Å². The number of anilines is 1. The second kappa shape index (κ2) is 7.37. The average Bonchev–Trinajstić information content (AvgIpc) is 2.70. The van der Waals surface area contributed by atoms with Gasteiger partial charge in [-0.05, 0) is 54.7 Å². The van der Waals surface area contributed by atoms with Crippen LogP contribution in [0.1, 0.15) is 40.5 Å². The molecule has 0 saturated heterocycles. The standard InChI is InChI=1S/C21H19ClN4O/c22-14-8-9-17(23)16(12-14)20-24-11-10-19(25-20)21(27)26-18-7-3-5-13-4-1-2-6-15(13)18/h1-2,4,6,8-12,18H,3,5,7,23H2,(H,26,27)/t18-/m0/s1. The fourth-order valence-corrected chi connectivity index (χ4v) is 3.65. The van der Waals surface area contributed by atoms with Crippen LogP contribution in [0, 0.1) is 0 Å². The average molecular weight is 379 g/mol. The number of hydrogen-bond acceptors (Lipinski definition) is 4. The Morgan fingerprint density at radius 2 is 2.04 bits per heavy atom. The summed E-state index contributed by atoms with van der Waals surface area (Å²) in [5.74, 6) is 0.160. The van der Waals surface area contributed by atoms with Crippen molar-refractivity contribution in [1.29, 1.82) is 0 Å². The predicted molar refractivity (Wildman–Crippen MR) is 106 cm³/mol. The molecule has 1 aliphatic rings. The first kappa shape index (κ1) is 17.5. The highest BCUT2D eigenvalue weighted by atomic mass is 35.5. The summed E-state index contributed by atoms with van der Waals surface area (Å²) in [4.78, 5) is 21.5. The highest BCUT2D eigenvalue weighted by Gasteiger charge is 2.22. The molecule has 1 atom stereocenters. The molecule has 0 aliphatic heterocycles. The van der Waals surface area contributed by atoms with Crippen LogP contribution in [0.15, 0.2) is 54.7 Å². The van der Waals surface area contributed by atoms with E-state index in [-0.39, 0.29) is 11.9 Å². The van der Waals surface area contributed by atoms with E-state index in [4.69, 9.17) is 17.3 Å². The van der Waals surface area contributed by atoms with E-state index in [0.717, 1.165) is 19.3 Å². The van der Waals surface area contributed by atoms with Gasteiger partial charge in [0, 0.05) is 22.5 Å². The number of benzene rings is 2. The van der Waals surface area contributed by atoms with Crippen molar-refractivity contribution in [2.75, 3.05) is 5.73 Å². The lowest BCUT2D eigenvalue weighted by Crippen LogP contribution is -2.31. The quantitative estimate of drug-likeness (QED) is 0.670. The second-order valence-electron chi connectivity index (χ2n) is 6.61. The zero-order valence-electron chi connectivity index (χ0n) is 14.7. The number of amides is 1. The molecule has 3 N–H and O–H groups in total. The number of nitrogens with two attached hydrogens (primary N) is 1. The van der Waals surface area contributed by atoms with E-state index in [0.29, 0.717) is 27.8 Å². The van der Waals surface area contributed by atoms with Crippen molar-refractivity contribution in [1.82, 2.24) is 15.3 Å². The van der Waals surface area contributed by atoms with Crippen molar-refractivity contribution in [3.63, 3.8) is 0 Å². The van der Waals surface area contributed by atoms with E-state index in [2.05, 4.69) is 27.4 Å². The van der Waals surface area contributed by atoms with Gasteiger partial charge in [0.05, 0.1) is 6.04 Å². The summed E-state index contributed by atoms with van der Waals surface area (Å²) in [6.45, 7) is 0. The molecule has 2 aromatic carbocycles. The van der Waals surface area contributed by atoms with Gasteiger partial charge in [-0.25, -0.2) is 9.97 Å². The number of nitrogen functional groups attached to an aromatic ring is 1. The second-order valence-corrected chi connectivity index (χ2v) is 7.05. The lowest BCUT2D eigenvalue weighted by Gasteiger charge is -2.26. The van der Waals surface area contributed by atoms with Gasteiger partial charge in [-0.1, -0.05) is 35.9 Å². The number of halogens is 1. The van der Waals surface area contributed by atoms with Gasteiger partial charge in [-0.3, -0.25) is 4.79 Å². The van der Waals surface area contributed by atoms with Crippen molar-refractivity contribution in [3.8, 4) is 11.4 Å². The molecule has 136 valence electrons. The number of hydrogen-bond donors (Lipinski definition) is 2. The Kier molecular flexibility index (Phi) is 4.77. The molecule has 0 fully saturated rings. The maximum absolute atomic E-state index is 12.8. The van der Waals surface area contributed by atoms with Crippen LogP contribution in [-0.4, -0.2) is 15.9 Å². The number of rotatable bonds is 3. The first-order valence-electron chi connectivity index (χ1n) is 8.89. The Hall–Kier alpha value is -2.92. The summed E-state index contributed by atoms with van der Waals surface area (Å²) in [6.07, 6.45) is 4.58. The molecule has 1 aliphatic carbocycles. The van der Waals surface area contributed by atoms with Gasteiger partial charge < -0.3 is 11.1 Å². The molecule has 0 spiro atoms. The predicted octanol–water partition coefficient (Wildman–Crippen LogP) is 4.19. The molecule has 0 unspecified atom stereocenters. The number of aryl methyl sites for hydroxylation is 1. The van der Waals surface area contributed by atoms with Crippen LogP contribution in [0.3, 0.4) is 0 Å². The van der Waals surface area contributed by atoms with Crippen LogP contribution in [0.2, 0.25) is 5.02 Å². The smallest absolute Gasteiger partial charge is 0.270 e. The topological polar surface area (TPSA) is 80.9 Å². The van der Waals surface area contributed by atoms with Crippen molar-refractivity contribution in [2.24, 2.45) is 0 Å². The van der Waals surface area contributed by atoms with Crippen molar-refractivity contribution in [2.45, 2.75) is 25.3 Å². The molecule has 5 nitrogen and oxygen atoms in total. The molecule has 1 aromatic heterocycles. The van der Waals surface area contributed by atoms with Gasteiger partial charge >= 0.3 is 0 Å². The number of carbonyl (C=O) groups is 1. The lowest BCUT2D eigenvalue weighted by molar-refractivity contribution is 0.0927. The zero-order chi connectivity index (χ0) is 18.8. The van der Waals surface area contributed by atoms with E-state index in [1.807, 2.05) is 12.1 Å². The Labute approximate surface area is 162 Å². The van der Waals surface area contributed by atoms with Crippen LogP contribution in [0.4, 0.5) is 5.69 Å². The van der Waals surface area contributed by atoms with Gasteiger partial charge in [-0.2, -0.15) is 0 Å². The monoisotopic (exact) mass is 378 g/mol. The highest BCUT2D eigenvalue weighted by Crippen LogP contribution is 2.30. The van der Waals surface area contributed by atoms with E-state index in [1.165, 1.54) is 11.1 Å². The number of carbonyl (C=O) groups excluding carboxylic acids is 1. The third kappa shape index (κ3) is 3.64. The van der Waals surface area contributed by atoms with Crippen LogP contribution in [-0.2, 0) is 6.42 Å². The van der Waals surface area contributed by atoms with E-state index in [1.54, 1.807) is 30.5 Å². The number of fused-ring (bicyclic) bond motifs is 1. The first-order valence-corrected chi connectivity index (χ1v) is 9.27. The Morgan fingerprint density at radius 3 is 2.93 bits per heavy atom. The van der Waals surface area contributed by atoms with Crippen molar-refractivity contribution < 1.29 is 4.79 Å². The Morgan fingerprint density at radius 1 is 1.19 bits per heavy atom. The Bertz CT molecular complexity index is 1000. The molecule has 0 saturated carbocycles. The SMILES string of the molecule is Nc1ccc(Cl)cc1-c1nccc(C(=O)N[C@H]2CCCc3ccccc32)n1. The maximum atomic E-state index is 12.8. The normalized spacial score (nSPS) is 15.8. The fraction of sp³-hybridized carbons (Fsp3) is 0.190. The molecular weight excluding hydrogens is 360 g/mol. The van der Waals surface area contributed by atoms with Gasteiger partial charge in [0.2, 0.25) is 0 Å². The van der Waals surface area contributed by atoms with Gasteiger partial charge in [0.25, 0.3) is 5.91 Å². The molecule has 0 radical (unpaired) electrons. The highest BCUT2D eigenvalue weighted by molar-refractivity contribution is 6.31. The molecular formula is C21H19ClN4O. The lowest BCUT2D eigenvalue weighted by atomic mass is 9.87. The van der Waals surface area contributed by atoms with Crippen molar-refractivity contribution >= 4 is 23.2 Å². The summed E-state index contributed by atoms with van der Waals surface area (Å²) in [7, 11) is 0. The number of nitrogens with one attached hydrogen (secondary N) is 1. The number of nitrogens with zero attached hydrogens (tertiary/aromatic N) is 2. The third-order valence-electron chi connectivity index (χ3n) is 4.82. The minimum atomic E-state index is -0.221. The number of aromatic nitrogens is 2.